The molecule has 0 heterocycles. The zero-order valence-corrected chi connectivity index (χ0v) is 19.9. The summed E-state index contributed by atoms with van der Waals surface area (Å²) in [6.07, 6.45) is 9.51. The second-order valence-electron chi connectivity index (χ2n) is 8.13. The molecule has 0 radical (unpaired) electrons. The highest BCUT2D eigenvalue weighted by atomic mass is 16.6. The van der Waals surface area contributed by atoms with Crippen molar-refractivity contribution in [2.24, 2.45) is 5.73 Å². The number of benzene rings is 1. The third kappa shape index (κ3) is 8.74. The van der Waals surface area contributed by atoms with E-state index in [1.165, 1.54) is 12.1 Å². The van der Waals surface area contributed by atoms with E-state index in [4.69, 9.17) is 23.3 Å². The summed E-state index contributed by atoms with van der Waals surface area (Å²) in [5, 5.41) is 4.59. The average Bonchev–Trinajstić information content (AvgIpc) is 2.78. The van der Waals surface area contributed by atoms with Crippen LogP contribution in [0, 0.1) is 24.8 Å². The summed E-state index contributed by atoms with van der Waals surface area (Å²) in [7, 11) is 1.13. The van der Waals surface area contributed by atoms with Crippen LogP contribution in [0.3, 0.4) is 0 Å². The van der Waals surface area contributed by atoms with E-state index >= 15 is 0 Å². The van der Waals surface area contributed by atoms with Crippen LogP contribution in [0.5, 0.6) is 0 Å². The zero-order valence-electron chi connectivity index (χ0n) is 19.9. The number of rotatable bonds is 9. The fraction of sp³-hybridized carbons (Fsp3) is 0.375. The fourth-order valence-corrected chi connectivity index (χ4v) is 2.88. The van der Waals surface area contributed by atoms with Crippen LogP contribution < -0.4 is 16.4 Å². The molecule has 186 valence electrons. The van der Waals surface area contributed by atoms with E-state index in [0.29, 0.717) is 4.90 Å². The molecule has 35 heavy (non-hydrogen) atoms. The molecule has 0 spiro atoms. The number of nitrogens with two attached hydrogens (primary N) is 1. The van der Waals surface area contributed by atoms with Crippen molar-refractivity contribution in [1.82, 2.24) is 15.5 Å². The van der Waals surface area contributed by atoms with Gasteiger partial charge in [0.2, 0.25) is 11.8 Å². The van der Waals surface area contributed by atoms with Gasteiger partial charge in [-0.2, -0.15) is 0 Å². The topological polar surface area (TPSA) is 157 Å². The molecule has 11 nitrogen and oxygen atoms in total. The molecule has 11 heteroatoms. The van der Waals surface area contributed by atoms with Crippen molar-refractivity contribution >= 4 is 29.8 Å². The summed E-state index contributed by atoms with van der Waals surface area (Å²) >= 11 is 0. The Morgan fingerprint density at radius 1 is 1.14 bits per heavy atom. The third-order valence-corrected chi connectivity index (χ3v) is 4.32. The highest BCUT2D eigenvalue weighted by molar-refractivity contribution is 5.96. The number of nitrogens with zero attached hydrogens (tertiary/aromatic N) is 1. The van der Waals surface area contributed by atoms with Crippen LogP contribution in [0.1, 0.15) is 44.4 Å². The van der Waals surface area contributed by atoms with Crippen molar-refractivity contribution in [3.05, 3.63) is 35.4 Å². The second kappa shape index (κ2) is 12.7. The number of carbonyl (C=O) groups is 5. The number of terminal acetylenes is 2. The summed E-state index contributed by atoms with van der Waals surface area (Å²) in [6.45, 7) is 4.29. The van der Waals surface area contributed by atoms with Gasteiger partial charge >= 0.3 is 12.1 Å². The minimum absolute atomic E-state index is 0.166. The molecule has 0 bridgehead atoms. The van der Waals surface area contributed by atoms with E-state index in [-0.39, 0.29) is 11.1 Å². The van der Waals surface area contributed by atoms with Gasteiger partial charge in [0.25, 0.3) is 5.91 Å². The summed E-state index contributed by atoms with van der Waals surface area (Å²) in [6, 6.07) is 5.19. The molecule has 0 aliphatic heterocycles. The van der Waals surface area contributed by atoms with Gasteiger partial charge in [0.1, 0.15) is 24.2 Å². The number of esters is 1. The minimum atomic E-state index is -1.56. The molecule has 0 aliphatic rings. The Balaban J connectivity index is 3.46. The minimum Gasteiger partial charge on any atom is -0.468 e. The van der Waals surface area contributed by atoms with Crippen LogP contribution in [0.4, 0.5) is 4.79 Å². The molecule has 1 rings (SSSR count). The van der Waals surface area contributed by atoms with Crippen molar-refractivity contribution in [2.45, 2.75) is 44.9 Å². The first-order valence-corrected chi connectivity index (χ1v) is 10.3. The van der Waals surface area contributed by atoms with Gasteiger partial charge in [-0.15, -0.1) is 6.42 Å². The molecule has 0 aliphatic carbocycles. The van der Waals surface area contributed by atoms with E-state index < -0.39 is 60.4 Å². The number of amides is 4. The molecule has 0 aromatic heterocycles. The molecule has 0 saturated carbocycles. The number of ether oxygens (including phenoxy) is 2. The maximum Gasteiger partial charge on any atom is 0.408 e. The quantitative estimate of drug-likeness (QED) is 0.256. The van der Waals surface area contributed by atoms with E-state index in [2.05, 4.69) is 27.3 Å². The Morgan fingerprint density at radius 2 is 1.77 bits per heavy atom. The second-order valence-corrected chi connectivity index (χ2v) is 8.13. The third-order valence-electron chi connectivity index (χ3n) is 4.32. The molecule has 2 atom stereocenters. The van der Waals surface area contributed by atoms with Gasteiger partial charge < -0.3 is 25.8 Å². The van der Waals surface area contributed by atoms with Gasteiger partial charge in [-0.25, -0.2) is 4.79 Å². The Bertz CT molecular complexity index is 1060. The smallest absolute Gasteiger partial charge is 0.408 e. The number of hydrogen-bond donors (Lipinski definition) is 3. The van der Waals surface area contributed by atoms with E-state index in [0.717, 1.165) is 7.11 Å². The van der Waals surface area contributed by atoms with Crippen LogP contribution in [-0.4, -0.2) is 60.0 Å². The lowest BCUT2D eigenvalue weighted by Gasteiger charge is -2.30. The van der Waals surface area contributed by atoms with Crippen LogP contribution in [-0.2, 0) is 28.7 Å². The Labute approximate surface area is 203 Å². The van der Waals surface area contributed by atoms with Gasteiger partial charge in [-0.3, -0.25) is 24.1 Å². The first-order valence-electron chi connectivity index (χ1n) is 10.3. The molecule has 0 saturated heterocycles. The van der Waals surface area contributed by atoms with E-state index in [1.54, 1.807) is 32.9 Å². The van der Waals surface area contributed by atoms with Gasteiger partial charge in [-0.05, 0) is 26.8 Å². The molecular weight excluding hydrogens is 456 g/mol. The van der Waals surface area contributed by atoms with Crippen molar-refractivity contribution in [3.63, 3.8) is 0 Å². The lowest BCUT2D eigenvalue weighted by atomic mass is 9.97. The Hall–Kier alpha value is -4.51. The Morgan fingerprint density at radius 3 is 2.29 bits per heavy atom. The number of primary amides is 1. The summed E-state index contributed by atoms with van der Waals surface area (Å²) < 4.78 is 9.65. The van der Waals surface area contributed by atoms with Crippen LogP contribution in [0.2, 0.25) is 0 Å². The number of carbonyl (C=O) groups excluding carboxylic acids is 5. The molecule has 4 N–H and O–H groups in total. The Kier molecular flexibility index (Phi) is 10.3. The largest absolute Gasteiger partial charge is 0.468 e. The van der Waals surface area contributed by atoms with Crippen LogP contribution in [0.15, 0.2) is 24.3 Å². The van der Waals surface area contributed by atoms with Crippen molar-refractivity contribution in [2.75, 3.05) is 13.7 Å². The van der Waals surface area contributed by atoms with E-state index in [9.17, 15) is 24.0 Å². The van der Waals surface area contributed by atoms with Gasteiger partial charge in [0.15, 0.2) is 0 Å². The lowest BCUT2D eigenvalue weighted by molar-refractivity contribution is -0.143. The van der Waals surface area contributed by atoms with Crippen molar-refractivity contribution < 1.29 is 33.4 Å². The maximum atomic E-state index is 13.4. The van der Waals surface area contributed by atoms with Gasteiger partial charge in [-0.1, -0.05) is 30.5 Å². The SMILES string of the molecule is C#Cc1ccccc1C(C(=O)NCC(=O)OC)N(C#C)C(=O)C(CC(N)=O)NC(=O)OC(C)(C)C. The highest BCUT2D eigenvalue weighted by Crippen LogP contribution is 2.25. The van der Waals surface area contributed by atoms with Crippen molar-refractivity contribution in [3.8, 4) is 24.8 Å². The maximum absolute atomic E-state index is 13.4. The highest BCUT2D eigenvalue weighted by Gasteiger charge is 2.37. The number of nitrogens with one attached hydrogen (secondary N) is 2. The first-order chi connectivity index (χ1) is 16.3. The summed E-state index contributed by atoms with van der Waals surface area (Å²) in [5.41, 5.74) is 4.76. The molecule has 4 amide bonds. The average molecular weight is 485 g/mol. The predicted molar refractivity (Wildman–Crippen MR) is 125 cm³/mol. The van der Waals surface area contributed by atoms with Crippen molar-refractivity contribution in [1.29, 1.82) is 0 Å². The zero-order chi connectivity index (χ0) is 26.8. The van der Waals surface area contributed by atoms with Gasteiger partial charge in [0, 0.05) is 17.2 Å². The summed E-state index contributed by atoms with van der Waals surface area (Å²) in [4.78, 5) is 62.6. The first kappa shape index (κ1) is 28.5. The molecule has 1 aromatic rings. The molecule has 1 aromatic carbocycles. The predicted octanol–water partition coefficient (Wildman–Crippen LogP) is 0.186. The van der Waals surface area contributed by atoms with E-state index in [1.807, 2.05) is 0 Å². The lowest BCUT2D eigenvalue weighted by Crippen LogP contribution is -2.53. The normalized spacial score (nSPS) is 12.1. The number of alkyl carbamates (subject to hydrolysis) is 1. The number of methoxy groups -OCH3 is 1. The fourth-order valence-electron chi connectivity index (χ4n) is 2.88. The monoisotopic (exact) mass is 484 g/mol. The molecule has 0 fully saturated rings. The molecular formula is C24H28N4O7. The van der Waals surface area contributed by atoms with Gasteiger partial charge in [0.05, 0.1) is 13.5 Å². The molecule has 2 unspecified atom stereocenters. The standard InChI is InChI=1S/C24H28N4O7/c1-7-15-11-9-10-12-16(15)20(21(31)26-14-19(30)34-6)28(8-2)22(32)17(13-18(25)29)27-23(33)35-24(3,4)5/h1-2,9-12,17,20H,13-14H2,3-6H3,(H2,25,29)(H,26,31)(H,27,33). The van der Waals surface area contributed by atoms with Crippen LogP contribution in [0.25, 0.3) is 0 Å². The summed E-state index contributed by atoms with van der Waals surface area (Å²) in [5.74, 6) is -1.15. The van der Waals surface area contributed by atoms with Crippen LogP contribution >= 0.6 is 0 Å². The number of hydrogen-bond acceptors (Lipinski definition) is 7.